The third kappa shape index (κ3) is 5.56. The lowest BCUT2D eigenvalue weighted by molar-refractivity contribution is 0.145. The van der Waals surface area contributed by atoms with Crippen molar-refractivity contribution in [3.8, 4) is 5.69 Å². The summed E-state index contributed by atoms with van der Waals surface area (Å²) in [5.41, 5.74) is 1.34. The number of aryl methyl sites for hydroxylation is 1. The van der Waals surface area contributed by atoms with Gasteiger partial charge < -0.3 is 19.9 Å². The number of rotatable bonds is 8. The van der Waals surface area contributed by atoms with Gasteiger partial charge in [-0.2, -0.15) is 0 Å². The highest BCUT2D eigenvalue weighted by Crippen LogP contribution is 2.16. The Morgan fingerprint density at radius 1 is 1.36 bits per heavy atom. The Labute approximate surface area is 148 Å². The first-order valence-electron chi connectivity index (χ1n) is 8.46. The van der Waals surface area contributed by atoms with E-state index in [9.17, 15) is 4.39 Å². The number of hydrogen-bond acceptors (Lipinski definition) is 3. The predicted molar refractivity (Wildman–Crippen MR) is 97.6 cm³/mol. The molecule has 0 bridgehead atoms. The van der Waals surface area contributed by atoms with Gasteiger partial charge in [0.2, 0.25) is 0 Å². The van der Waals surface area contributed by atoms with Crippen molar-refractivity contribution in [3.63, 3.8) is 0 Å². The Balaban J connectivity index is 1.88. The van der Waals surface area contributed by atoms with E-state index >= 15 is 0 Å². The quantitative estimate of drug-likeness (QED) is 0.437. The first kappa shape index (κ1) is 18.9. The second-order valence-corrected chi connectivity index (χ2v) is 5.53. The van der Waals surface area contributed by atoms with Gasteiger partial charge in [-0.3, -0.25) is 4.99 Å². The monoisotopic (exact) mass is 347 g/mol. The lowest BCUT2D eigenvalue weighted by atomic mass is 10.2. The maximum Gasteiger partial charge on any atom is 0.191 e. The van der Waals surface area contributed by atoms with Crippen LogP contribution in [-0.4, -0.2) is 42.3 Å². The van der Waals surface area contributed by atoms with Crippen molar-refractivity contribution < 1.29 is 9.13 Å². The standard InChI is InChI=1S/C18H26FN5O/c1-4-25-11-5-8-22-18(20-3)23-13-15-6-7-17(16(19)12-15)24-10-9-21-14(24)2/h6-7,9-10,12H,4-5,8,11,13H2,1-3H3,(H2,20,22,23). The van der Waals surface area contributed by atoms with E-state index in [0.29, 0.717) is 18.2 Å². The van der Waals surface area contributed by atoms with Crippen molar-refractivity contribution in [2.24, 2.45) is 4.99 Å². The molecule has 1 aromatic carbocycles. The molecule has 2 rings (SSSR count). The first-order chi connectivity index (χ1) is 12.2. The first-order valence-corrected chi connectivity index (χ1v) is 8.46. The van der Waals surface area contributed by atoms with E-state index in [1.807, 2.05) is 19.9 Å². The molecule has 0 saturated heterocycles. The van der Waals surface area contributed by atoms with Gasteiger partial charge in [0, 0.05) is 45.7 Å². The third-order valence-electron chi connectivity index (χ3n) is 3.74. The predicted octanol–water partition coefficient (Wildman–Crippen LogP) is 2.41. The number of imidazole rings is 1. The Bertz CT molecular complexity index is 699. The van der Waals surface area contributed by atoms with E-state index in [1.54, 1.807) is 30.1 Å². The Morgan fingerprint density at radius 2 is 2.20 bits per heavy atom. The molecule has 0 aliphatic carbocycles. The average molecular weight is 347 g/mol. The van der Waals surface area contributed by atoms with Crippen LogP contribution in [0.15, 0.2) is 35.6 Å². The van der Waals surface area contributed by atoms with Gasteiger partial charge in [-0.15, -0.1) is 0 Å². The summed E-state index contributed by atoms with van der Waals surface area (Å²) in [6.07, 6.45) is 4.31. The normalized spacial score (nSPS) is 11.6. The second-order valence-electron chi connectivity index (χ2n) is 5.53. The molecule has 0 atom stereocenters. The average Bonchev–Trinajstić information content (AvgIpc) is 3.03. The number of guanidine groups is 1. The number of aliphatic imine (C=N–C) groups is 1. The summed E-state index contributed by atoms with van der Waals surface area (Å²) < 4.78 is 21.4. The van der Waals surface area contributed by atoms with Gasteiger partial charge in [-0.25, -0.2) is 9.37 Å². The van der Waals surface area contributed by atoms with Crippen LogP contribution in [0, 0.1) is 12.7 Å². The number of nitrogens with one attached hydrogen (secondary N) is 2. The van der Waals surface area contributed by atoms with Gasteiger partial charge in [0.05, 0.1) is 5.69 Å². The van der Waals surface area contributed by atoms with E-state index in [4.69, 9.17) is 4.74 Å². The van der Waals surface area contributed by atoms with Gasteiger partial charge in [-0.05, 0) is 38.0 Å². The minimum atomic E-state index is -0.278. The maximum atomic E-state index is 14.4. The zero-order chi connectivity index (χ0) is 18.1. The van der Waals surface area contributed by atoms with Crippen LogP contribution in [-0.2, 0) is 11.3 Å². The Kier molecular flexibility index (Phi) is 7.40. The number of benzene rings is 1. The number of aromatic nitrogens is 2. The molecule has 0 aliphatic rings. The Morgan fingerprint density at radius 3 is 2.84 bits per heavy atom. The lowest BCUT2D eigenvalue weighted by Crippen LogP contribution is -2.37. The summed E-state index contributed by atoms with van der Waals surface area (Å²) in [6.45, 7) is 6.54. The van der Waals surface area contributed by atoms with E-state index in [0.717, 1.165) is 37.6 Å². The smallest absolute Gasteiger partial charge is 0.191 e. The van der Waals surface area contributed by atoms with Crippen LogP contribution in [0.2, 0.25) is 0 Å². The molecule has 25 heavy (non-hydrogen) atoms. The summed E-state index contributed by atoms with van der Waals surface area (Å²) in [5.74, 6) is 1.16. The van der Waals surface area contributed by atoms with Crippen LogP contribution in [0.1, 0.15) is 24.7 Å². The van der Waals surface area contributed by atoms with Crippen molar-refractivity contribution in [2.75, 3.05) is 26.8 Å². The zero-order valence-electron chi connectivity index (χ0n) is 15.1. The fraction of sp³-hybridized carbons (Fsp3) is 0.444. The number of ether oxygens (including phenoxy) is 1. The highest BCUT2D eigenvalue weighted by Gasteiger charge is 2.08. The maximum absolute atomic E-state index is 14.4. The molecule has 7 heteroatoms. The zero-order valence-corrected chi connectivity index (χ0v) is 15.1. The molecule has 136 valence electrons. The highest BCUT2D eigenvalue weighted by atomic mass is 19.1. The van der Waals surface area contributed by atoms with Crippen LogP contribution in [0.4, 0.5) is 4.39 Å². The van der Waals surface area contributed by atoms with Gasteiger partial charge in [0.25, 0.3) is 0 Å². The number of nitrogens with zero attached hydrogens (tertiary/aromatic N) is 3. The lowest BCUT2D eigenvalue weighted by Gasteiger charge is -2.13. The van der Waals surface area contributed by atoms with Crippen molar-refractivity contribution in [1.29, 1.82) is 0 Å². The Hall–Kier alpha value is -2.41. The molecule has 0 saturated carbocycles. The molecule has 0 aliphatic heterocycles. The minimum Gasteiger partial charge on any atom is -0.382 e. The molecule has 0 amide bonds. The van der Waals surface area contributed by atoms with Crippen molar-refractivity contribution in [1.82, 2.24) is 20.2 Å². The topological polar surface area (TPSA) is 63.5 Å². The summed E-state index contributed by atoms with van der Waals surface area (Å²) in [5, 5.41) is 6.39. The van der Waals surface area contributed by atoms with Crippen LogP contribution in [0.5, 0.6) is 0 Å². The SMILES string of the molecule is CCOCCCNC(=NC)NCc1ccc(-n2ccnc2C)c(F)c1. The van der Waals surface area contributed by atoms with Gasteiger partial charge >= 0.3 is 0 Å². The summed E-state index contributed by atoms with van der Waals surface area (Å²) in [7, 11) is 1.71. The van der Waals surface area contributed by atoms with E-state index in [1.165, 1.54) is 6.07 Å². The molecule has 6 nitrogen and oxygen atoms in total. The molecule has 0 spiro atoms. The molecule has 0 radical (unpaired) electrons. The highest BCUT2D eigenvalue weighted by molar-refractivity contribution is 5.79. The van der Waals surface area contributed by atoms with Crippen molar-refractivity contribution in [3.05, 3.63) is 47.8 Å². The third-order valence-corrected chi connectivity index (χ3v) is 3.74. The fourth-order valence-electron chi connectivity index (χ4n) is 2.42. The molecular weight excluding hydrogens is 321 g/mol. The summed E-state index contributed by atoms with van der Waals surface area (Å²) in [6, 6.07) is 5.19. The van der Waals surface area contributed by atoms with E-state index in [2.05, 4.69) is 20.6 Å². The second kappa shape index (κ2) is 9.78. The minimum absolute atomic E-state index is 0.278. The largest absolute Gasteiger partial charge is 0.382 e. The molecule has 1 aromatic heterocycles. The van der Waals surface area contributed by atoms with Crippen molar-refractivity contribution >= 4 is 5.96 Å². The fourth-order valence-corrected chi connectivity index (χ4v) is 2.42. The van der Waals surface area contributed by atoms with Gasteiger partial charge in [0.1, 0.15) is 11.6 Å². The molecule has 0 unspecified atom stereocenters. The van der Waals surface area contributed by atoms with Gasteiger partial charge in [-0.1, -0.05) is 6.07 Å². The number of hydrogen-bond donors (Lipinski definition) is 2. The number of halogens is 1. The van der Waals surface area contributed by atoms with Crippen LogP contribution in [0.3, 0.4) is 0 Å². The van der Waals surface area contributed by atoms with E-state index < -0.39 is 0 Å². The van der Waals surface area contributed by atoms with Crippen LogP contribution >= 0.6 is 0 Å². The molecule has 0 fully saturated rings. The van der Waals surface area contributed by atoms with Crippen LogP contribution in [0.25, 0.3) is 5.69 Å². The summed E-state index contributed by atoms with van der Waals surface area (Å²) >= 11 is 0. The molecular formula is C18H26FN5O. The van der Waals surface area contributed by atoms with Crippen LogP contribution < -0.4 is 10.6 Å². The van der Waals surface area contributed by atoms with Crippen molar-refractivity contribution in [2.45, 2.75) is 26.8 Å². The summed E-state index contributed by atoms with van der Waals surface area (Å²) in [4.78, 5) is 8.29. The van der Waals surface area contributed by atoms with Gasteiger partial charge in [0.15, 0.2) is 5.96 Å². The molecule has 2 aromatic rings. The molecule has 2 N–H and O–H groups in total. The molecule has 1 heterocycles. The van der Waals surface area contributed by atoms with E-state index in [-0.39, 0.29) is 5.82 Å².